The lowest BCUT2D eigenvalue weighted by Gasteiger charge is -2.51. The molecule has 0 atom stereocenters. The molecular formula is C19H33N5O2. The van der Waals surface area contributed by atoms with Gasteiger partial charge in [0.1, 0.15) is 5.69 Å². The van der Waals surface area contributed by atoms with E-state index in [9.17, 15) is 4.79 Å². The molecule has 2 saturated heterocycles. The quantitative estimate of drug-likeness (QED) is 0.784. The van der Waals surface area contributed by atoms with Crippen LogP contribution >= 0.6 is 0 Å². The molecule has 0 unspecified atom stereocenters. The molecule has 1 amide bonds. The highest BCUT2D eigenvalue weighted by molar-refractivity contribution is 5.92. The first-order valence-corrected chi connectivity index (χ1v) is 9.76. The average Bonchev–Trinajstić information content (AvgIpc) is 3.02. The summed E-state index contributed by atoms with van der Waals surface area (Å²) in [5, 5.41) is 4.42. The van der Waals surface area contributed by atoms with E-state index < -0.39 is 0 Å². The summed E-state index contributed by atoms with van der Waals surface area (Å²) >= 11 is 0. The van der Waals surface area contributed by atoms with E-state index in [4.69, 9.17) is 4.74 Å². The molecule has 1 aromatic heterocycles. The minimum atomic E-state index is 0.0892. The maximum atomic E-state index is 13.0. The normalized spacial score (nSPS) is 20.9. The molecule has 2 aliphatic heterocycles. The van der Waals surface area contributed by atoms with Crippen molar-refractivity contribution in [3.63, 3.8) is 0 Å². The summed E-state index contributed by atoms with van der Waals surface area (Å²) in [6, 6.07) is 1.91. The van der Waals surface area contributed by atoms with Crippen molar-refractivity contribution in [2.45, 2.75) is 38.8 Å². The number of amides is 1. The van der Waals surface area contributed by atoms with Crippen molar-refractivity contribution in [1.29, 1.82) is 0 Å². The Bertz CT molecular complexity index is 619. The molecule has 0 saturated carbocycles. The van der Waals surface area contributed by atoms with E-state index in [-0.39, 0.29) is 11.4 Å². The highest BCUT2D eigenvalue weighted by atomic mass is 16.5. The number of likely N-dealkylation sites (N-methyl/N-ethyl adjacent to an activating group) is 1. The Balaban J connectivity index is 1.66. The number of ether oxygens (including phenoxy) is 1. The highest BCUT2D eigenvalue weighted by Crippen LogP contribution is 2.32. The van der Waals surface area contributed by atoms with Crippen LogP contribution in [-0.4, -0.2) is 96.0 Å². The number of likely N-dealkylation sites (tertiary alicyclic amines) is 1. The van der Waals surface area contributed by atoms with Crippen LogP contribution in [0.4, 0.5) is 0 Å². The second-order valence-corrected chi connectivity index (χ2v) is 7.85. The van der Waals surface area contributed by atoms with Crippen LogP contribution in [-0.2, 0) is 11.3 Å². The maximum absolute atomic E-state index is 13.0. The molecule has 7 heteroatoms. The number of hydrogen-bond acceptors (Lipinski definition) is 5. The van der Waals surface area contributed by atoms with Gasteiger partial charge in [-0.1, -0.05) is 0 Å². The first-order chi connectivity index (χ1) is 12.4. The Hall–Kier alpha value is -1.44. The number of carbonyl (C=O) groups excluding carboxylic acids is 1. The van der Waals surface area contributed by atoms with E-state index in [0.717, 1.165) is 71.0 Å². The largest absolute Gasteiger partial charge is 0.378 e. The summed E-state index contributed by atoms with van der Waals surface area (Å²) in [5.74, 6) is 0.110. The molecule has 26 heavy (non-hydrogen) atoms. The Morgan fingerprint density at radius 1 is 1.31 bits per heavy atom. The third kappa shape index (κ3) is 3.94. The van der Waals surface area contributed by atoms with Crippen LogP contribution in [0.1, 0.15) is 35.9 Å². The van der Waals surface area contributed by atoms with Gasteiger partial charge in [0.05, 0.1) is 18.9 Å². The number of nitrogens with zero attached hydrogens (tertiary/aromatic N) is 5. The number of carbonyl (C=O) groups is 1. The van der Waals surface area contributed by atoms with Crippen molar-refractivity contribution in [2.75, 3.05) is 60.0 Å². The third-order valence-corrected chi connectivity index (χ3v) is 5.77. The lowest BCUT2D eigenvalue weighted by molar-refractivity contribution is -0.0928. The molecule has 0 N–H and O–H groups in total. The first kappa shape index (κ1) is 19.3. The standard InChI is InChI=1S/C19H33N5O2/c1-5-24-17(14-16(2)20-24)18(25)22-8-6-19(7-9-22)15-26-13-12-23(19)11-10-21(3)4/h14H,5-13,15H2,1-4H3. The maximum Gasteiger partial charge on any atom is 0.272 e. The number of aryl methyl sites for hydroxylation is 2. The molecule has 0 aliphatic carbocycles. The molecule has 2 aliphatic rings. The smallest absolute Gasteiger partial charge is 0.272 e. The lowest BCUT2D eigenvalue weighted by atomic mass is 9.85. The van der Waals surface area contributed by atoms with Gasteiger partial charge in [0.25, 0.3) is 5.91 Å². The van der Waals surface area contributed by atoms with Crippen LogP contribution in [0.3, 0.4) is 0 Å². The number of aromatic nitrogens is 2. The van der Waals surface area contributed by atoms with Crippen molar-refractivity contribution in [2.24, 2.45) is 0 Å². The summed E-state index contributed by atoms with van der Waals surface area (Å²) in [7, 11) is 4.24. The van der Waals surface area contributed by atoms with E-state index in [0.29, 0.717) is 5.69 Å². The molecule has 7 nitrogen and oxygen atoms in total. The van der Waals surface area contributed by atoms with Crippen LogP contribution in [0.15, 0.2) is 6.07 Å². The zero-order chi connectivity index (χ0) is 18.7. The van der Waals surface area contributed by atoms with Crippen LogP contribution in [0.5, 0.6) is 0 Å². The monoisotopic (exact) mass is 363 g/mol. The van der Waals surface area contributed by atoms with Gasteiger partial charge < -0.3 is 14.5 Å². The van der Waals surface area contributed by atoms with E-state index >= 15 is 0 Å². The molecule has 2 fully saturated rings. The fourth-order valence-electron chi connectivity index (χ4n) is 4.14. The van der Waals surface area contributed by atoms with Crippen LogP contribution < -0.4 is 0 Å². The van der Waals surface area contributed by atoms with Gasteiger partial charge in [-0.25, -0.2) is 0 Å². The van der Waals surface area contributed by atoms with Crippen molar-refractivity contribution in [1.82, 2.24) is 24.5 Å². The van der Waals surface area contributed by atoms with Crippen LogP contribution in [0, 0.1) is 6.92 Å². The fraction of sp³-hybridized carbons (Fsp3) is 0.789. The molecule has 0 bridgehead atoms. The van der Waals surface area contributed by atoms with Crippen LogP contribution in [0.2, 0.25) is 0 Å². The van der Waals surface area contributed by atoms with E-state index in [1.54, 1.807) is 0 Å². The predicted molar refractivity (Wildman–Crippen MR) is 101 cm³/mol. The van der Waals surface area contributed by atoms with Gasteiger partial charge in [0.2, 0.25) is 0 Å². The van der Waals surface area contributed by atoms with Gasteiger partial charge in [-0.3, -0.25) is 14.4 Å². The lowest BCUT2D eigenvalue weighted by Crippen LogP contribution is -2.62. The molecular weight excluding hydrogens is 330 g/mol. The van der Waals surface area contributed by atoms with Crippen molar-refractivity contribution < 1.29 is 9.53 Å². The number of piperidine rings is 1. The van der Waals surface area contributed by atoms with Gasteiger partial charge in [-0.15, -0.1) is 0 Å². The number of morpholine rings is 1. The average molecular weight is 364 g/mol. The molecule has 3 rings (SSSR count). The topological polar surface area (TPSA) is 53.8 Å². The van der Waals surface area contributed by atoms with Crippen molar-refractivity contribution >= 4 is 5.91 Å². The zero-order valence-corrected chi connectivity index (χ0v) is 16.7. The number of rotatable bonds is 5. The molecule has 3 heterocycles. The Morgan fingerprint density at radius 2 is 2.04 bits per heavy atom. The van der Waals surface area contributed by atoms with Gasteiger partial charge >= 0.3 is 0 Å². The summed E-state index contributed by atoms with van der Waals surface area (Å²) in [5.41, 5.74) is 1.70. The first-order valence-electron chi connectivity index (χ1n) is 9.76. The Morgan fingerprint density at radius 3 is 2.69 bits per heavy atom. The molecule has 0 radical (unpaired) electrons. The second-order valence-electron chi connectivity index (χ2n) is 7.85. The third-order valence-electron chi connectivity index (χ3n) is 5.77. The summed E-state index contributed by atoms with van der Waals surface area (Å²) < 4.78 is 7.66. The zero-order valence-electron chi connectivity index (χ0n) is 16.7. The fourth-order valence-corrected chi connectivity index (χ4v) is 4.14. The molecule has 0 aromatic carbocycles. The minimum Gasteiger partial charge on any atom is -0.378 e. The van der Waals surface area contributed by atoms with E-state index in [2.05, 4.69) is 29.0 Å². The van der Waals surface area contributed by atoms with E-state index in [1.807, 2.05) is 29.5 Å². The Labute approximate surface area is 156 Å². The highest BCUT2D eigenvalue weighted by Gasteiger charge is 2.43. The Kier molecular flexibility index (Phi) is 5.99. The second kappa shape index (κ2) is 8.06. The predicted octanol–water partition coefficient (Wildman–Crippen LogP) is 1.08. The molecule has 146 valence electrons. The van der Waals surface area contributed by atoms with Crippen LogP contribution in [0.25, 0.3) is 0 Å². The van der Waals surface area contributed by atoms with Gasteiger partial charge in [-0.05, 0) is 46.9 Å². The summed E-state index contributed by atoms with van der Waals surface area (Å²) in [4.78, 5) is 19.8. The van der Waals surface area contributed by atoms with Gasteiger partial charge in [0.15, 0.2) is 0 Å². The van der Waals surface area contributed by atoms with Crippen molar-refractivity contribution in [3.8, 4) is 0 Å². The summed E-state index contributed by atoms with van der Waals surface area (Å²) in [6.45, 7) is 11.0. The number of hydrogen-bond donors (Lipinski definition) is 0. The summed E-state index contributed by atoms with van der Waals surface area (Å²) in [6.07, 6.45) is 1.96. The van der Waals surface area contributed by atoms with E-state index in [1.165, 1.54) is 0 Å². The minimum absolute atomic E-state index is 0.0892. The SMILES string of the molecule is CCn1nc(C)cc1C(=O)N1CCC2(CC1)COCCN2CCN(C)C. The van der Waals surface area contributed by atoms with Gasteiger partial charge in [-0.2, -0.15) is 5.10 Å². The van der Waals surface area contributed by atoms with Gasteiger partial charge in [0, 0.05) is 44.8 Å². The molecule has 1 spiro atoms. The van der Waals surface area contributed by atoms with Crippen molar-refractivity contribution in [3.05, 3.63) is 17.5 Å². The molecule has 1 aromatic rings.